The van der Waals surface area contributed by atoms with Gasteiger partial charge in [-0.05, 0) is 4.57 Å². The molecule has 0 radical (unpaired) electrons. The maximum atomic E-state index is 8.51. The maximum Gasteiger partial charge on any atom is 0.491 e. The summed E-state index contributed by atoms with van der Waals surface area (Å²) in [6, 6.07) is 0. The van der Waals surface area contributed by atoms with Gasteiger partial charge in [-0.3, -0.25) is 0 Å². The fraction of sp³-hybridized carbons (Fsp3) is 0. The first-order valence-electron chi connectivity index (χ1n) is 0.993. The lowest BCUT2D eigenvalue weighted by Crippen LogP contribution is -1.81. The molecular formula is H3NO5P+. The molecule has 0 aliphatic carbocycles. The van der Waals surface area contributed by atoms with Crippen LogP contribution in [0.15, 0.2) is 0 Å². The van der Waals surface area contributed by atoms with Gasteiger partial charge in [0.2, 0.25) is 0 Å². The molecule has 6 nitrogen and oxygen atoms in total. The molecule has 0 aromatic rings. The van der Waals surface area contributed by atoms with Crippen LogP contribution in [0, 0.1) is 10.1 Å². The smallest absolute Gasteiger partial charge is 0.328 e. The van der Waals surface area contributed by atoms with E-state index in [2.05, 4.69) is 0 Å². The van der Waals surface area contributed by atoms with Crippen LogP contribution in [0.2, 0.25) is 0 Å². The molecule has 0 aromatic heterocycles. The fourth-order valence-corrected chi connectivity index (χ4v) is 0. The van der Waals surface area contributed by atoms with Crippen molar-refractivity contribution in [2.75, 3.05) is 0 Å². The topological polar surface area (TPSA) is 101 Å². The maximum absolute atomic E-state index is 8.51. The molecule has 2 N–H and O–H groups in total. The van der Waals surface area contributed by atoms with Crippen LogP contribution in [0.25, 0.3) is 0 Å². The lowest BCUT2D eigenvalue weighted by atomic mass is 13.1. The third-order valence-electron chi connectivity index (χ3n) is 0. The summed E-state index contributed by atoms with van der Waals surface area (Å²) in [6.07, 6.45) is 0. The number of hydrogen-bond donors (Lipinski definition) is 2. The molecule has 0 saturated carbocycles. The molecule has 42 valence electrons. The van der Waals surface area contributed by atoms with Gasteiger partial charge in [-0.15, -0.1) is 10.1 Å². The zero-order chi connectivity index (χ0) is 6.28. The minimum Gasteiger partial charge on any atom is -0.328 e. The average Bonchev–Trinajstić information content (AvgIpc) is 1.33. The highest BCUT2D eigenvalue weighted by molar-refractivity contribution is 7.16. The van der Waals surface area contributed by atoms with Crippen molar-refractivity contribution in [3.8, 4) is 0 Å². The van der Waals surface area contributed by atoms with Gasteiger partial charge in [-0.2, -0.15) is 4.89 Å². The van der Waals surface area contributed by atoms with Crippen molar-refractivity contribution in [1.29, 1.82) is 0 Å². The molecule has 1 unspecified atom stereocenters. The second-order valence-corrected chi connectivity index (χ2v) is 0.512. The van der Waals surface area contributed by atoms with Gasteiger partial charge in [0, 0.05) is 0 Å². The quantitative estimate of drug-likeness (QED) is 0.262. The van der Waals surface area contributed by atoms with Gasteiger partial charge in [0.15, 0.2) is 0 Å². The SMILES string of the molecule is O=[N+]([O-])O.O=[PH+]O. The predicted octanol–water partition coefficient (Wildman–Crippen LogP) is -0.430. The summed E-state index contributed by atoms with van der Waals surface area (Å²) in [6.45, 7) is 0. The van der Waals surface area contributed by atoms with Crippen LogP contribution in [0.4, 0.5) is 0 Å². The van der Waals surface area contributed by atoms with Gasteiger partial charge in [0.1, 0.15) is 0 Å². The van der Waals surface area contributed by atoms with Gasteiger partial charge < -0.3 is 5.21 Å². The van der Waals surface area contributed by atoms with Gasteiger partial charge in [0.25, 0.3) is 5.09 Å². The summed E-state index contributed by atoms with van der Waals surface area (Å²) < 4.78 is 8.51. The third kappa shape index (κ3) is 102. The highest BCUT2D eigenvalue weighted by Crippen LogP contribution is 1.66. The van der Waals surface area contributed by atoms with Gasteiger partial charge >= 0.3 is 8.69 Å². The van der Waals surface area contributed by atoms with Crippen LogP contribution in [0.1, 0.15) is 0 Å². The third-order valence-corrected chi connectivity index (χ3v) is 0. The van der Waals surface area contributed by atoms with E-state index in [1.54, 1.807) is 0 Å². The molecule has 0 rings (SSSR count). The van der Waals surface area contributed by atoms with Gasteiger partial charge in [0.05, 0.1) is 0 Å². The van der Waals surface area contributed by atoms with Crippen molar-refractivity contribution in [1.82, 2.24) is 0 Å². The van der Waals surface area contributed by atoms with Crippen LogP contribution >= 0.6 is 8.69 Å². The Hall–Kier alpha value is -0.740. The number of hydrogen-bond acceptors (Lipinski definition) is 3. The van der Waals surface area contributed by atoms with Crippen molar-refractivity contribution in [3.63, 3.8) is 0 Å². The summed E-state index contributed by atoms with van der Waals surface area (Å²) in [5, 5.41) is 13.6. The summed E-state index contributed by atoms with van der Waals surface area (Å²) >= 11 is 0. The van der Waals surface area contributed by atoms with E-state index < -0.39 is 13.8 Å². The predicted molar refractivity (Wildman–Crippen MR) is 20.0 cm³/mol. The molecule has 0 saturated heterocycles. The summed E-state index contributed by atoms with van der Waals surface area (Å²) in [4.78, 5) is 15.4. The standard InChI is InChI=1S/HNO3.HO2P/c2-1(3)4;1-3-2/h(H,2,3,4);3H/p+1. The molecule has 0 aliphatic rings. The Balaban J connectivity index is 0. The van der Waals surface area contributed by atoms with E-state index in [9.17, 15) is 0 Å². The molecule has 0 fully saturated rings. The van der Waals surface area contributed by atoms with E-state index in [1.165, 1.54) is 0 Å². The zero-order valence-electron chi connectivity index (χ0n) is 3.07. The lowest BCUT2D eigenvalue weighted by molar-refractivity contribution is -0.742. The van der Waals surface area contributed by atoms with Crippen molar-refractivity contribution in [2.45, 2.75) is 0 Å². The molecule has 7 heteroatoms. The second kappa shape index (κ2) is 8.98. The molecule has 0 bridgehead atoms. The molecule has 0 spiro atoms. The van der Waals surface area contributed by atoms with Crippen LogP contribution in [0.3, 0.4) is 0 Å². The Kier molecular flexibility index (Phi) is 12.2. The minimum absolute atomic E-state index is 1.17. The van der Waals surface area contributed by atoms with Crippen LogP contribution < -0.4 is 0 Å². The first-order valence-corrected chi connectivity index (χ1v) is 1.85. The first-order chi connectivity index (χ1) is 3.15. The fourth-order valence-electron chi connectivity index (χ4n) is 0. The minimum atomic E-state index is -1.50. The Morgan fingerprint density at radius 1 is 1.71 bits per heavy atom. The Morgan fingerprint density at radius 3 is 1.71 bits per heavy atom. The molecule has 0 amide bonds. The normalized spacial score (nSPS) is 6.43. The number of nitrogens with zero attached hydrogens (tertiary/aromatic N) is 1. The van der Waals surface area contributed by atoms with Gasteiger partial charge in [-0.25, -0.2) is 0 Å². The Labute approximate surface area is 39.8 Å². The molecular weight excluding hydrogens is 125 g/mol. The molecule has 1 atom stereocenters. The van der Waals surface area contributed by atoms with Crippen molar-refractivity contribution in [2.24, 2.45) is 0 Å². The van der Waals surface area contributed by atoms with Crippen molar-refractivity contribution < 1.29 is 19.8 Å². The molecule has 0 aromatic carbocycles. The summed E-state index contributed by atoms with van der Waals surface area (Å²) in [5.74, 6) is 0. The molecule has 7 heavy (non-hydrogen) atoms. The van der Waals surface area contributed by atoms with E-state index >= 15 is 0 Å². The number of rotatable bonds is 0. The van der Waals surface area contributed by atoms with Crippen LogP contribution in [0.5, 0.6) is 0 Å². The highest BCUT2D eigenvalue weighted by Gasteiger charge is 1.65. The second-order valence-electron chi connectivity index (χ2n) is 0.329. The average molecular weight is 128 g/mol. The van der Waals surface area contributed by atoms with Gasteiger partial charge in [-0.1, -0.05) is 0 Å². The first kappa shape index (κ1) is 9.54. The van der Waals surface area contributed by atoms with E-state index in [-0.39, 0.29) is 0 Å². The van der Waals surface area contributed by atoms with Crippen molar-refractivity contribution in [3.05, 3.63) is 10.1 Å². The van der Waals surface area contributed by atoms with Crippen LogP contribution in [-0.2, 0) is 4.57 Å². The van der Waals surface area contributed by atoms with Crippen molar-refractivity contribution >= 4 is 8.69 Å². The Morgan fingerprint density at radius 2 is 1.71 bits per heavy atom. The summed E-state index contributed by atoms with van der Waals surface area (Å²) in [7, 11) is -1.17. The van der Waals surface area contributed by atoms with E-state index in [0.29, 0.717) is 0 Å². The Bertz CT molecular complexity index is 55.1. The van der Waals surface area contributed by atoms with E-state index in [4.69, 9.17) is 24.8 Å². The molecule has 0 aliphatic heterocycles. The monoisotopic (exact) mass is 128 g/mol. The lowest BCUT2D eigenvalue weighted by Gasteiger charge is -1.56. The van der Waals surface area contributed by atoms with E-state index in [1.807, 2.05) is 0 Å². The zero-order valence-corrected chi connectivity index (χ0v) is 4.07. The van der Waals surface area contributed by atoms with Crippen LogP contribution in [-0.4, -0.2) is 15.2 Å². The largest absolute Gasteiger partial charge is 0.491 e. The summed E-state index contributed by atoms with van der Waals surface area (Å²) in [5.41, 5.74) is 0. The van der Waals surface area contributed by atoms with E-state index in [0.717, 1.165) is 0 Å². The molecule has 0 heterocycles. The highest BCUT2D eigenvalue weighted by atomic mass is 31.1.